The lowest BCUT2D eigenvalue weighted by Gasteiger charge is -2.34. The van der Waals surface area contributed by atoms with Crippen molar-refractivity contribution in [1.82, 2.24) is 15.1 Å². The molecule has 2 heterocycles. The Labute approximate surface area is 145 Å². The first-order valence-electron chi connectivity index (χ1n) is 9.19. The molecule has 24 heavy (non-hydrogen) atoms. The molecule has 0 atom stereocenters. The molecule has 5 heteroatoms. The lowest BCUT2D eigenvalue weighted by molar-refractivity contribution is -0.131. The summed E-state index contributed by atoms with van der Waals surface area (Å²) in [5.41, 5.74) is 1.07. The highest BCUT2D eigenvalue weighted by atomic mass is 16.2. The van der Waals surface area contributed by atoms with Crippen molar-refractivity contribution in [1.29, 1.82) is 0 Å². The minimum atomic E-state index is 0.0389. The average Bonchev–Trinajstić information content (AvgIpc) is 3.39. The zero-order valence-electron chi connectivity index (χ0n) is 15.5. The molecule has 0 unspecified atom stereocenters. The van der Waals surface area contributed by atoms with Crippen LogP contribution >= 0.6 is 0 Å². The summed E-state index contributed by atoms with van der Waals surface area (Å²) < 4.78 is 0. The topological polar surface area (TPSA) is 49.3 Å². The van der Waals surface area contributed by atoms with Crippen LogP contribution in [0.1, 0.15) is 52.1 Å². The van der Waals surface area contributed by atoms with Gasteiger partial charge in [-0.2, -0.15) is 5.10 Å². The SMILES string of the molecule is CN(CC1CCN(c2ccc(C(C)(C)C)nn2)CC1)C(=O)C1CC1. The van der Waals surface area contributed by atoms with Crippen LogP contribution in [0, 0.1) is 11.8 Å². The molecule has 1 aromatic rings. The van der Waals surface area contributed by atoms with Gasteiger partial charge in [-0.05, 0) is 43.7 Å². The third-order valence-corrected chi connectivity index (χ3v) is 5.19. The van der Waals surface area contributed by atoms with E-state index in [0.29, 0.717) is 17.7 Å². The van der Waals surface area contributed by atoms with Gasteiger partial charge in [-0.3, -0.25) is 4.79 Å². The summed E-state index contributed by atoms with van der Waals surface area (Å²) in [6, 6.07) is 4.19. The van der Waals surface area contributed by atoms with Gasteiger partial charge in [-0.25, -0.2) is 0 Å². The van der Waals surface area contributed by atoms with Crippen LogP contribution in [0.15, 0.2) is 12.1 Å². The number of hydrogen-bond donors (Lipinski definition) is 0. The fraction of sp³-hybridized carbons (Fsp3) is 0.737. The Morgan fingerprint density at radius 3 is 2.33 bits per heavy atom. The van der Waals surface area contributed by atoms with Crippen LogP contribution in [0.3, 0.4) is 0 Å². The first-order valence-corrected chi connectivity index (χ1v) is 9.19. The van der Waals surface area contributed by atoms with E-state index in [1.165, 1.54) is 0 Å². The van der Waals surface area contributed by atoms with Crippen LogP contribution < -0.4 is 4.90 Å². The van der Waals surface area contributed by atoms with Crippen molar-refractivity contribution in [2.45, 2.75) is 51.9 Å². The van der Waals surface area contributed by atoms with Crippen LogP contribution in [-0.4, -0.2) is 47.7 Å². The first kappa shape index (κ1) is 17.2. The second-order valence-electron chi connectivity index (χ2n) is 8.45. The van der Waals surface area contributed by atoms with E-state index in [9.17, 15) is 4.79 Å². The van der Waals surface area contributed by atoms with E-state index >= 15 is 0 Å². The van der Waals surface area contributed by atoms with Gasteiger partial charge in [-0.1, -0.05) is 20.8 Å². The van der Waals surface area contributed by atoms with Gasteiger partial charge in [0, 0.05) is 38.0 Å². The summed E-state index contributed by atoms with van der Waals surface area (Å²) in [5.74, 6) is 2.26. The van der Waals surface area contributed by atoms with Crippen molar-refractivity contribution < 1.29 is 4.79 Å². The summed E-state index contributed by atoms with van der Waals surface area (Å²) in [6.45, 7) is 9.36. The van der Waals surface area contributed by atoms with E-state index in [1.807, 2.05) is 11.9 Å². The van der Waals surface area contributed by atoms with Crippen LogP contribution in [0.2, 0.25) is 0 Å². The van der Waals surface area contributed by atoms with Crippen LogP contribution in [0.5, 0.6) is 0 Å². The Morgan fingerprint density at radius 1 is 1.17 bits per heavy atom. The molecular weight excluding hydrogens is 300 g/mol. The van der Waals surface area contributed by atoms with Gasteiger partial charge >= 0.3 is 0 Å². The number of carbonyl (C=O) groups excluding carboxylic acids is 1. The Hall–Kier alpha value is -1.65. The van der Waals surface area contributed by atoms with E-state index in [1.54, 1.807) is 0 Å². The number of carbonyl (C=O) groups is 1. The van der Waals surface area contributed by atoms with Crippen molar-refractivity contribution >= 4 is 11.7 Å². The second kappa shape index (κ2) is 6.69. The maximum Gasteiger partial charge on any atom is 0.225 e. The molecule has 1 aliphatic heterocycles. The Morgan fingerprint density at radius 2 is 1.83 bits per heavy atom. The molecule has 1 saturated carbocycles. The third-order valence-electron chi connectivity index (χ3n) is 5.19. The first-order chi connectivity index (χ1) is 11.3. The third kappa shape index (κ3) is 4.05. The fourth-order valence-electron chi connectivity index (χ4n) is 3.36. The van der Waals surface area contributed by atoms with Crippen molar-refractivity contribution in [2.75, 3.05) is 31.6 Å². The zero-order chi connectivity index (χ0) is 17.3. The molecular formula is C19H30N4O. The van der Waals surface area contributed by atoms with E-state index < -0.39 is 0 Å². The molecule has 0 bridgehead atoms. The molecule has 2 aliphatic rings. The Kier molecular flexibility index (Phi) is 4.79. The molecule has 2 fully saturated rings. The maximum absolute atomic E-state index is 12.1. The van der Waals surface area contributed by atoms with Crippen LogP contribution in [0.25, 0.3) is 0 Å². The number of amides is 1. The quantitative estimate of drug-likeness (QED) is 0.852. The highest BCUT2D eigenvalue weighted by molar-refractivity contribution is 5.80. The molecule has 1 aliphatic carbocycles. The van der Waals surface area contributed by atoms with E-state index in [0.717, 1.165) is 56.8 Å². The van der Waals surface area contributed by atoms with Gasteiger partial charge < -0.3 is 9.80 Å². The van der Waals surface area contributed by atoms with E-state index in [2.05, 4.69) is 48.0 Å². The van der Waals surface area contributed by atoms with Gasteiger partial charge in [0.1, 0.15) is 0 Å². The number of anilines is 1. The summed E-state index contributed by atoms with van der Waals surface area (Å²) in [7, 11) is 1.96. The minimum absolute atomic E-state index is 0.0389. The molecule has 0 spiro atoms. The minimum Gasteiger partial charge on any atom is -0.355 e. The molecule has 0 radical (unpaired) electrons. The normalized spacial score (nSPS) is 19.4. The highest BCUT2D eigenvalue weighted by Gasteiger charge is 2.33. The fourth-order valence-corrected chi connectivity index (χ4v) is 3.36. The molecule has 0 N–H and O–H groups in total. The molecule has 5 nitrogen and oxygen atoms in total. The van der Waals surface area contributed by atoms with E-state index in [4.69, 9.17) is 0 Å². The number of nitrogens with zero attached hydrogens (tertiary/aromatic N) is 4. The number of rotatable bonds is 4. The predicted octanol–water partition coefficient (Wildman–Crippen LogP) is 2.86. The van der Waals surface area contributed by atoms with Crippen LogP contribution in [-0.2, 0) is 10.2 Å². The monoisotopic (exact) mass is 330 g/mol. The van der Waals surface area contributed by atoms with Gasteiger partial charge in [0.15, 0.2) is 5.82 Å². The van der Waals surface area contributed by atoms with Crippen LogP contribution in [0.4, 0.5) is 5.82 Å². The summed E-state index contributed by atoms with van der Waals surface area (Å²) in [4.78, 5) is 16.3. The Bertz CT molecular complexity index is 566. The highest BCUT2D eigenvalue weighted by Crippen LogP contribution is 2.31. The molecule has 1 amide bonds. The lowest BCUT2D eigenvalue weighted by Crippen LogP contribution is -2.40. The lowest BCUT2D eigenvalue weighted by atomic mass is 9.92. The van der Waals surface area contributed by atoms with Crippen molar-refractivity contribution in [3.8, 4) is 0 Å². The number of hydrogen-bond acceptors (Lipinski definition) is 4. The number of aromatic nitrogens is 2. The van der Waals surface area contributed by atoms with Gasteiger partial charge in [-0.15, -0.1) is 5.10 Å². The largest absolute Gasteiger partial charge is 0.355 e. The van der Waals surface area contributed by atoms with E-state index in [-0.39, 0.29) is 5.41 Å². The molecule has 132 valence electrons. The van der Waals surface area contributed by atoms with Gasteiger partial charge in [0.2, 0.25) is 5.91 Å². The molecule has 3 rings (SSSR count). The van der Waals surface area contributed by atoms with Crippen molar-refractivity contribution in [3.05, 3.63) is 17.8 Å². The zero-order valence-corrected chi connectivity index (χ0v) is 15.5. The van der Waals surface area contributed by atoms with Gasteiger partial charge in [0.25, 0.3) is 0 Å². The average molecular weight is 330 g/mol. The molecule has 1 saturated heterocycles. The second-order valence-corrected chi connectivity index (χ2v) is 8.45. The standard InChI is InChI=1S/C19H30N4O/c1-19(2,3)16-7-8-17(21-20-16)23-11-9-14(10-12-23)13-22(4)18(24)15-5-6-15/h7-8,14-15H,5-6,9-13H2,1-4H3. The summed E-state index contributed by atoms with van der Waals surface area (Å²) in [6.07, 6.45) is 4.41. The smallest absolute Gasteiger partial charge is 0.225 e. The summed E-state index contributed by atoms with van der Waals surface area (Å²) in [5, 5.41) is 8.82. The predicted molar refractivity (Wildman–Crippen MR) is 96.0 cm³/mol. The maximum atomic E-state index is 12.1. The molecule has 0 aromatic carbocycles. The van der Waals surface area contributed by atoms with Crippen molar-refractivity contribution in [2.24, 2.45) is 11.8 Å². The van der Waals surface area contributed by atoms with Gasteiger partial charge in [0.05, 0.1) is 5.69 Å². The Balaban J connectivity index is 1.50. The van der Waals surface area contributed by atoms with Crippen molar-refractivity contribution in [3.63, 3.8) is 0 Å². The molecule has 1 aromatic heterocycles. The number of piperidine rings is 1. The summed E-state index contributed by atoms with van der Waals surface area (Å²) >= 11 is 0.